The number of nitrogens with one attached hydrogen (secondary N) is 1. The van der Waals surface area contributed by atoms with Crippen LogP contribution in [0.15, 0.2) is 0 Å². The fourth-order valence-electron chi connectivity index (χ4n) is 2.31. The van der Waals surface area contributed by atoms with E-state index in [0.29, 0.717) is 12.6 Å². The first kappa shape index (κ1) is 13.9. The first-order chi connectivity index (χ1) is 7.65. The Bertz CT molecular complexity index is 195. The first-order valence-electron chi connectivity index (χ1n) is 6.32. The van der Waals surface area contributed by atoms with Crippen molar-refractivity contribution in [1.82, 2.24) is 5.32 Å². The molecular weight excluding hydrogens is 206 g/mol. The van der Waals surface area contributed by atoms with Crippen LogP contribution in [0.3, 0.4) is 0 Å². The monoisotopic (exact) mass is 231 g/mol. The number of aliphatic hydroxyl groups excluding tert-OH is 2. The third-order valence-corrected chi connectivity index (χ3v) is 3.63. The van der Waals surface area contributed by atoms with Gasteiger partial charge in [-0.15, -0.1) is 0 Å². The lowest BCUT2D eigenvalue weighted by Gasteiger charge is -2.40. The zero-order valence-corrected chi connectivity index (χ0v) is 10.4. The van der Waals surface area contributed by atoms with Gasteiger partial charge in [-0.05, 0) is 25.7 Å². The quantitative estimate of drug-likeness (QED) is 0.628. The first-order valence-corrected chi connectivity index (χ1v) is 6.32. The van der Waals surface area contributed by atoms with Crippen molar-refractivity contribution in [2.45, 2.75) is 57.3 Å². The molecule has 1 heterocycles. The van der Waals surface area contributed by atoms with Crippen molar-refractivity contribution < 1.29 is 14.9 Å². The Morgan fingerprint density at radius 3 is 2.69 bits per heavy atom. The van der Waals surface area contributed by atoms with E-state index in [1.807, 2.05) is 0 Å². The van der Waals surface area contributed by atoms with Gasteiger partial charge in [-0.1, -0.05) is 13.8 Å². The van der Waals surface area contributed by atoms with Crippen LogP contribution in [0.4, 0.5) is 0 Å². The number of hydrogen-bond acceptors (Lipinski definition) is 4. The summed E-state index contributed by atoms with van der Waals surface area (Å²) in [6.45, 7) is 5.39. The molecule has 0 amide bonds. The minimum absolute atomic E-state index is 0.0140. The van der Waals surface area contributed by atoms with Crippen molar-refractivity contribution in [1.29, 1.82) is 0 Å². The molecule has 0 radical (unpaired) electrons. The molecule has 1 aliphatic heterocycles. The highest BCUT2D eigenvalue weighted by atomic mass is 16.5. The van der Waals surface area contributed by atoms with Gasteiger partial charge in [0.05, 0.1) is 18.3 Å². The number of hydrogen-bond donors (Lipinski definition) is 3. The SMILES string of the molecule is CCC1(CC)CC(NC[C@H](O)CO)CCO1. The Labute approximate surface area is 98.0 Å². The number of ether oxygens (including phenoxy) is 1. The number of rotatable bonds is 6. The molecule has 0 spiro atoms. The van der Waals surface area contributed by atoms with Crippen LogP contribution in [0.1, 0.15) is 39.5 Å². The molecule has 0 aromatic heterocycles. The Hall–Kier alpha value is -0.160. The molecule has 0 bridgehead atoms. The molecule has 0 aromatic rings. The second kappa shape index (κ2) is 6.55. The van der Waals surface area contributed by atoms with Gasteiger partial charge in [-0.25, -0.2) is 0 Å². The largest absolute Gasteiger partial charge is 0.394 e. The molecule has 1 unspecified atom stereocenters. The summed E-state index contributed by atoms with van der Waals surface area (Å²) >= 11 is 0. The lowest BCUT2D eigenvalue weighted by molar-refractivity contribution is -0.0939. The minimum atomic E-state index is -0.652. The molecule has 3 N–H and O–H groups in total. The van der Waals surface area contributed by atoms with E-state index in [0.717, 1.165) is 32.3 Å². The highest BCUT2D eigenvalue weighted by molar-refractivity contribution is 4.88. The molecule has 1 rings (SSSR count). The predicted molar refractivity (Wildman–Crippen MR) is 63.4 cm³/mol. The van der Waals surface area contributed by atoms with Crippen LogP contribution in [0, 0.1) is 0 Å². The average Bonchev–Trinajstić information content (AvgIpc) is 2.36. The molecule has 0 aliphatic carbocycles. The van der Waals surface area contributed by atoms with Gasteiger partial charge >= 0.3 is 0 Å². The normalized spacial score (nSPS) is 26.6. The van der Waals surface area contributed by atoms with Crippen molar-refractivity contribution in [3.8, 4) is 0 Å². The van der Waals surface area contributed by atoms with Crippen LogP contribution >= 0.6 is 0 Å². The Kier molecular flexibility index (Phi) is 5.69. The smallest absolute Gasteiger partial charge is 0.0895 e. The van der Waals surface area contributed by atoms with Crippen LogP contribution in [-0.2, 0) is 4.74 Å². The van der Waals surface area contributed by atoms with E-state index >= 15 is 0 Å². The fourth-order valence-corrected chi connectivity index (χ4v) is 2.31. The third kappa shape index (κ3) is 3.70. The maximum atomic E-state index is 9.29. The lowest BCUT2D eigenvalue weighted by Crippen LogP contribution is -2.48. The van der Waals surface area contributed by atoms with Crippen LogP contribution in [-0.4, -0.2) is 47.7 Å². The summed E-state index contributed by atoms with van der Waals surface area (Å²) in [4.78, 5) is 0. The highest BCUT2D eigenvalue weighted by Crippen LogP contribution is 2.31. The Morgan fingerprint density at radius 2 is 2.12 bits per heavy atom. The summed E-state index contributed by atoms with van der Waals surface area (Å²) in [5.41, 5.74) is 0.0140. The molecule has 1 fully saturated rings. The van der Waals surface area contributed by atoms with Crippen LogP contribution < -0.4 is 5.32 Å². The van der Waals surface area contributed by atoms with E-state index in [1.54, 1.807) is 0 Å². The van der Waals surface area contributed by atoms with Gasteiger partial charge in [0, 0.05) is 19.2 Å². The van der Waals surface area contributed by atoms with Crippen molar-refractivity contribution in [3.63, 3.8) is 0 Å². The van der Waals surface area contributed by atoms with E-state index in [-0.39, 0.29) is 12.2 Å². The van der Waals surface area contributed by atoms with Gasteiger partial charge in [0.15, 0.2) is 0 Å². The van der Waals surface area contributed by atoms with E-state index in [1.165, 1.54) is 0 Å². The molecule has 1 aliphatic rings. The summed E-state index contributed by atoms with van der Waals surface area (Å²) < 4.78 is 5.88. The van der Waals surface area contributed by atoms with Gasteiger partial charge in [-0.2, -0.15) is 0 Å². The summed E-state index contributed by atoms with van der Waals surface area (Å²) in [7, 11) is 0. The Balaban J connectivity index is 2.38. The maximum Gasteiger partial charge on any atom is 0.0895 e. The van der Waals surface area contributed by atoms with E-state index in [2.05, 4.69) is 19.2 Å². The summed E-state index contributed by atoms with van der Waals surface area (Å²) in [5, 5.41) is 21.3. The van der Waals surface area contributed by atoms with E-state index in [4.69, 9.17) is 9.84 Å². The molecule has 2 atom stereocenters. The zero-order valence-electron chi connectivity index (χ0n) is 10.4. The minimum Gasteiger partial charge on any atom is -0.394 e. The predicted octanol–water partition coefficient (Wildman–Crippen LogP) is 0.667. The standard InChI is InChI=1S/C12H25NO3/c1-3-12(4-2)7-10(5-6-16-12)13-8-11(15)9-14/h10-11,13-15H,3-9H2,1-2H3/t10?,11-/m0/s1. The fraction of sp³-hybridized carbons (Fsp3) is 1.00. The number of aliphatic hydroxyl groups is 2. The summed E-state index contributed by atoms with van der Waals surface area (Å²) in [6.07, 6.45) is 3.40. The van der Waals surface area contributed by atoms with Gasteiger partial charge in [0.25, 0.3) is 0 Å². The van der Waals surface area contributed by atoms with Gasteiger partial charge in [-0.3, -0.25) is 0 Å². The topological polar surface area (TPSA) is 61.7 Å². The Morgan fingerprint density at radius 1 is 1.44 bits per heavy atom. The van der Waals surface area contributed by atoms with Crippen LogP contribution in [0.5, 0.6) is 0 Å². The van der Waals surface area contributed by atoms with E-state index in [9.17, 15) is 5.11 Å². The van der Waals surface area contributed by atoms with Crippen LogP contribution in [0.2, 0.25) is 0 Å². The summed E-state index contributed by atoms with van der Waals surface area (Å²) in [6, 6.07) is 0.398. The maximum absolute atomic E-state index is 9.29. The van der Waals surface area contributed by atoms with Crippen molar-refractivity contribution >= 4 is 0 Å². The average molecular weight is 231 g/mol. The molecule has 1 saturated heterocycles. The lowest BCUT2D eigenvalue weighted by atomic mass is 9.86. The summed E-state index contributed by atoms with van der Waals surface area (Å²) in [5.74, 6) is 0. The molecular formula is C12H25NO3. The molecule has 16 heavy (non-hydrogen) atoms. The van der Waals surface area contributed by atoms with Gasteiger partial charge in [0.2, 0.25) is 0 Å². The van der Waals surface area contributed by atoms with Gasteiger partial charge < -0.3 is 20.3 Å². The van der Waals surface area contributed by atoms with Crippen LogP contribution in [0.25, 0.3) is 0 Å². The second-order valence-electron chi connectivity index (χ2n) is 4.67. The van der Waals surface area contributed by atoms with Crippen molar-refractivity contribution in [2.24, 2.45) is 0 Å². The zero-order chi connectivity index (χ0) is 12.0. The molecule has 0 aromatic carbocycles. The second-order valence-corrected chi connectivity index (χ2v) is 4.67. The van der Waals surface area contributed by atoms with E-state index < -0.39 is 6.10 Å². The van der Waals surface area contributed by atoms with Crippen molar-refractivity contribution in [2.75, 3.05) is 19.8 Å². The third-order valence-electron chi connectivity index (χ3n) is 3.63. The molecule has 4 nitrogen and oxygen atoms in total. The van der Waals surface area contributed by atoms with Gasteiger partial charge in [0.1, 0.15) is 0 Å². The van der Waals surface area contributed by atoms with Crippen molar-refractivity contribution in [3.05, 3.63) is 0 Å². The molecule has 96 valence electrons. The highest BCUT2D eigenvalue weighted by Gasteiger charge is 2.34. The molecule has 0 saturated carbocycles. The molecule has 4 heteroatoms.